The molecule has 1 aliphatic rings. The van der Waals surface area contributed by atoms with Gasteiger partial charge in [0.1, 0.15) is 17.2 Å². The molecule has 0 aliphatic carbocycles. The van der Waals surface area contributed by atoms with E-state index in [-0.39, 0.29) is 35.9 Å². The van der Waals surface area contributed by atoms with Gasteiger partial charge in [0.05, 0.1) is 18.5 Å². The minimum Gasteiger partial charge on any atom is -0.349 e. The zero-order valence-corrected chi connectivity index (χ0v) is 17.9. The summed E-state index contributed by atoms with van der Waals surface area (Å²) in [4.78, 5) is 58.3. The summed E-state index contributed by atoms with van der Waals surface area (Å²) in [7, 11) is 4.48. The van der Waals surface area contributed by atoms with Gasteiger partial charge in [0, 0.05) is 27.6 Å². The number of nitrogens with zero attached hydrogens (tertiary/aromatic N) is 4. The molecule has 2 aromatic heterocycles. The number of fused-ring (bicyclic) bond motifs is 1. The van der Waals surface area contributed by atoms with Crippen LogP contribution in [-0.4, -0.2) is 42.9 Å². The van der Waals surface area contributed by atoms with E-state index in [1.54, 1.807) is 19.2 Å². The van der Waals surface area contributed by atoms with Crippen molar-refractivity contribution in [3.63, 3.8) is 0 Å². The molecule has 1 aliphatic heterocycles. The first-order valence-electron chi connectivity index (χ1n) is 10.1. The Morgan fingerprint density at radius 3 is 2.69 bits per heavy atom. The molecular formula is C21H23FN6O4. The lowest BCUT2D eigenvalue weighted by Crippen LogP contribution is -2.46. The lowest BCUT2D eigenvalue weighted by atomic mass is 9.84. The van der Waals surface area contributed by atoms with E-state index in [9.17, 15) is 23.6 Å². The van der Waals surface area contributed by atoms with Crippen LogP contribution < -0.4 is 16.6 Å². The zero-order chi connectivity index (χ0) is 23.2. The van der Waals surface area contributed by atoms with Crippen LogP contribution in [0.3, 0.4) is 0 Å². The number of benzene rings is 1. The fourth-order valence-electron chi connectivity index (χ4n) is 4.22. The van der Waals surface area contributed by atoms with Crippen LogP contribution in [0.1, 0.15) is 30.3 Å². The summed E-state index contributed by atoms with van der Waals surface area (Å²) in [5.74, 6) is -1.14. The zero-order valence-electron chi connectivity index (χ0n) is 17.9. The van der Waals surface area contributed by atoms with Crippen molar-refractivity contribution in [1.29, 1.82) is 0 Å². The molecule has 0 spiro atoms. The molecule has 1 saturated heterocycles. The number of hydrogen-bond acceptors (Lipinski definition) is 5. The molecule has 1 aromatic carbocycles. The number of aryl methyl sites for hydroxylation is 1. The van der Waals surface area contributed by atoms with Gasteiger partial charge in [0.15, 0.2) is 5.65 Å². The predicted molar refractivity (Wildman–Crippen MR) is 113 cm³/mol. The molecule has 2 N–H and O–H groups in total. The summed E-state index contributed by atoms with van der Waals surface area (Å²) in [5, 5.41) is 2.79. The van der Waals surface area contributed by atoms with Gasteiger partial charge in [-0.3, -0.25) is 23.5 Å². The maximum absolute atomic E-state index is 13.8. The number of aromatic amines is 1. The first-order chi connectivity index (χ1) is 15.2. The van der Waals surface area contributed by atoms with Crippen molar-refractivity contribution in [2.75, 3.05) is 7.05 Å². The topological polar surface area (TPSA) is 122 Å². The Labute approximate surface area is 181 Å². The molecule has 0 bridgehead atoms. The van der Waals surface area contributed by atoms with E-state index in [2.05, 4.69) is 15.3 Å². The summed E-state index contributed by atoms with van der Waals surface area (Å²) in [5.41, 5.74) is -0.102. The molecule has 2 unspecified atom stereocenters. The van der Waals surface area contributed by atoms with E-state index >= 15 is 0 Å². The minimum absolute atomic E-state index is 0.00507. The summed E-state index contributed by atoms with van der Waals surface area (Å²) < 4.78 is 16.0. The molecule has 11 heteroatoms. The van der Waals surface area contributed by atoms with Gasteiger partial charge in [0.2, 0.25) is 11.8 Å². The van der Waals surface area contributed by atoms with Crippen LogP contribution in [0.5, 0.6) is 0 Å². The highest BCUT2D eigenvalue weighted by Gasteiger charge is 2.39. The number of H-pyrrole nitrogens is 1. The lowest BCUT2D eigenvalue weighted by Gasteiger charge is -2.38. The fraction of sp³-hybridized carbons (Fsp3) is 0.381. The maximum Gasteiger partial charge on any atom is 0.332 e. The third-order valence-corrected chi connectivity index (χ3v) is 5.96. The molecule has 2 amide bonds. The summed E-state index contributed by atoms with van der Waals surface area (Å²) in [6.45, 7) is -0.00507. The molecule has 3 heterocycles. The number of carbonyl (C=O) groups is 2. The van der Waals surface area contributed by atoms with E-state index < -0.39 is 29.0 Å². The van der Waals surface area contributed by atoms with Gasteiger partial charge in [0.25, 0.3) is 5.56 Å². The van der Waals surface area contributed by atoms with Gasteiger partial charge in [-0.1, -0.05) is 12.1 Å². The number of rotatable bonds is 4. The van der Waals surface area contributed by atoms with Crippen LogP contribution in [-0.2, 0) is 30.2 Å². The van der Waals surface area contributed by atoms with Crippen LogP contribution in [0.2, 0.25) is 0 Å². The van der Waals surface area contributed by atoms with Crippen molar-refractivity contribution in [3.05, 3.63) is 62.3 Å². The molecular weight excluding hydrogens is 419 g/mol. The van der Waals surface area contributed by atoms with E-state index in [0.717, 1.165) is 4.57 Å². The van der Waals surface area contributed by atoms with E-state index in [0.29, 0.717) is 17.8 Å². The molecule has 10 nitrogen and oxygen atoms in total. The Morgan fingerprint density at radius 2 is 1.97 bits per heavy atom. The second-order valence-electron chi connectivity index (χ2n) is 7.96. The molecule has 32 heavy (non-hydrogen) atoms. The molecule has 0 saturated carbocycles. The second kappa shape index (κ2) is 8.06. The third-order valence-electron chi connectivity index (χ3n) is 5.96. The van der Waals surface area contributed by atoms with Crippen molar-refractivity contribution in [2.24, 2.45) is 20.0 Å². The second-order valence-corrected chi connectivity index (χ2v) is 7.96. The van der Waals surface area contributed by atoms with Gasteiger partial charge in [-0.25, -0.2) is 14.2 Å². The number of nitrogens with one attached hydrogen (secondary N) is 2. The summed E-state index contributed by atoms with van der Waals surface area (Å²) >= 11 is 0. The number of carbonyl (C=O) groups excluding carboxylic acids is 2. The first-order valence-corrected chi connectivity index (χ1v) is 10.1. The van der Waals surface area contributed by atoms with Crippen molar-refractivity contribution in [1.82, 2.24) is 29.3 Å². The average molecular weight is 442 g/mol. The highest BCUT2D eigenvalue weighted by molar-refractivity contribution is 5.85. The van der Waals surface area contributed by atoms with Crippen LogP contribution in [0, 0.1) is 11.7 Å². The average Bonchev–Trinajstić information content (AvgIpc) is 3.21. The van der Waals surface area contributed by atoms with Crippen molar-refractivity contribution in [3.8, 4) is 0 Å². The summed E-state index contributed by atoms with van der Waals surface area (Å²) in [6, 6.07) is 5.28. The molecule has 4 rings (SSSR count). The lowest BCUT2D eigenvalue weighted by molar-refractivity contribution is -0.141. The molecule has 168 valence electrons. The number of hydrogen-bond donors (Lipinski definition) is 2. The Hall–Kier alpha value is -3.76. The van der Waals surface area contributed by atoms with E-state index in [1.807, 2.05) is 0 Å². The Morgan fingerprint density at radius 1 is 1.22 bits per heavy atom. The van der Waals surface area contributed by atoms with Gasteiger partial charge < -0.3 is 15.2 Å². The Bertz CT molecular complexity index is 1340. The van der Waals surface area contributed by atoms with Gasteiger partial charge in [-0.15, -0.1) is 0 Å². The Kier molecular flexibility index (Phi) is 5.41. The minimum atomic E-state index is -0.601. The SMILES string of the molecule is CN1C(=O)CCC(C(=O)NCc2nc3c([nH]2)c(=O)n(C)c(=O)n3C)C1c1cccc(F)c1. The molecule has 1 fully saturated rings. The fourth-order valence-corrected chi connectivity index (χ4v) is 4.22. The quantitative estimate of drug-likeness (QED) is 0.603. The number of piperidine rings is 1. The van der Waals surface area contributed by atoms with Crippen LogP contribution in [0.4, 0.5) is 4.39 Å². The van der Waals surface area contributed by atoms with Gasteiger partial charge >= 0.3 is 5.69 Å². The van der Waals surface area contributed by atoms with Gasteiger partial charge in [-0.2, -0.15) is 0 Å². The van der Waals surface area contributed by atoms with Crippen molar-refractivity contribution < 1.29 is 14.0 Å². The van der Waals surface area contributed by atoms with Crippen molar-refractivity contribution in [2.45, 2.75) is 25.4 Å². The largest absolute Gasteiger partial charge is 0.349 e. The van der Waals surface area contributed by atoms with E-state index in [4.69, 9.17) is 0 Å². The van der Waals surface area contributed by atoms with E-state index in [1.165, 1.54) is 35.7 Å². The van der Waals surface area contributed by atoms with Gasteiger partial charge in [-0.05, 0) is 24.1 Å². The number of imidazole rings is 1. The molecule has 0 radical (unpaired) electrons. The Balaban J connectivity index is 1.58. The number of halogens is 1. The smallest absolute Gasteiger partial charge is 0.332 e. The third kappa shape index (κ3) is 3.59. The highest BCUT2D eigenvalue weighted by atomic mass is 19.1. The normalized spacial score (nSPS) is 18.9. The number of aromatic nitrogens is 4. The summed E-state index contributed by atoms with van der Waals surface area (Å²) in [6.07, 6.45) is 0.536. The first kappa shape index (κ1) is 21.5. The molecule has 2 atom stereocenters. The monoisotopic (exact) mass is 442 g/mol. The highest BCUT2D eigenvalue weighted by Crippen LogP contribution is 2.36. The predicted octanol–water partition coefficient (Wildman–Crippen LogP) is 0.325. The van der Waals surface area contributed by atoms with Crippen LogP contribution in [0.15, 0.2) is 33.9 Å². The number of amides is 2. The van der Waals surface area contributed by atoms with Crippen LogP contribution >= 0.6 is 0 Å². The standard InChI is InChI=1S/C21H23FN6O4/c1-26-15(29)8-7-13(17(26)11-5-4-6-12(22)9-11)19(30)23-10-14-24-16-18(25-14)27(2)21(32)28(3)20(16)31/h4-6,9,13,17H,7-8,10H2,1-3H3,(H,23,30)(H,24,25). The van der Waals surface area contributed by atoms with Crippen LogP contribution in [0.25, 0.3) is 11.2 Å². The van der Waals surface area contributed by atoms with Crippen molar-refractivity contribution >= 4 is 23.0 Å². The maximum atomic E-state index is 13.8. The molecule has 3 aromatic rings. The number of likely N-dealkylation sites (tertiary alicyclic amines) is 1.